The normalized spacial score (nSPS) is 42.6. The maximum absolute atomic E-state index is 12.9. The van der Waals surface area contributed by atoms with E-state index < -0.39 is 89.2 Å². The number of hydrogen-bond donors (Lipinski definition) is 1. The molecule has 0 aromatic rings. The van der Waals surface area contributed by atoms with Crippen molar-refractivity contribution >= 4 is 35.8 Å². The molecule has 54 heavy (non-hydrogen) atoms. The van der Waals surface area contributed by atoms with Crippen LogP contribution in [-0.4, -0.2) is 103 Å². The molecule has 0 bridgehead atoms. The van der Waals surface area contributed by atoms with E-state index in [2.05, 4.69) is 6.92 Å². The first-order chi connectivity index (χ1) is 25.4. The van der Waals surface area contributed by atoms with Crippen molar-refractivity contribution in [2.45, 2.75) is 148 Å². The predicted octanol–water partition coefficient (Wildman–Crippen LogP) is 3.25. The van der Waals surface area contributed by atoms with Crippen LogP contribution in [0.4, 0.5) is 0 Å². The molecule has 6 rings (SSSR count). The van der Waals surface area contributed by atoms with Gasteiger partial charge in [0.2, 0.25) is 0 Å². The highest BCUT2D eigenvalue weighted by Crippen LogP contribution is 2.70. The number of cyclic esters (lactones) is 1. The zero-order valence-corrected chi connectivity index (χ0v) is 32.2. The fraction of sp³-hybridized carbons (Fsp3) is 0.795. The van der Waals surface area contributed by atoms with Crippen LogP contribution >= 0.6 is 0 Å². The highest BCUT2D eigenvalue weighted by Gasteiger charge is 2.71. The summed E-state index contributed by atoms with van der Waals surface area (Å²) in [6, 6.07) is 0. The number of esters is 6. The van der Waals surface area contributed by atoms with E-state index in [1.54, 1.807) is 13.0 Å². The van der Waals surface area contributed by atoms with Crippen molar-refractivity contribution in [2.75, 3.05) is 13.2 Å². The second-order valence-electron chi connectivity index (χ2n) is 16.5. The zero-order valence-electron chi connectivity index (χ0n) is 32.2. The lowest BCUT2D eigenvalue weighted by Gasteiger charge is -2.65. The van der Waals surface area contributed by atoms with E-state index in [9.17, 15) is 33.9 Å². The van der Waals surface area contributed by atoms with E-state index in [0.29, 0.717) is 44.9 Å². The molecule has 15 heteroatoms. The van der Waals surface area contributed by atoms with Crippen LogP contribution in [0.3, 0.4) is 0 Å². The fourth-order valence-corrected chi connectivity index (χ4v) is 11.4. The molecule has 300 valence electrons. The third-order valence-corrected chi connectivity index (χ3v) is 13.5. The predicted molar refractivity (Wildman–Crippen MR) is 183 cm³/mol. The Bertz CT molecular complexity index is 1560. The highest BCUT2D eigenvalue weighted by atomic mass is 16.7. The summed E-state index contributed by atoms with van der Waals surface area (Å²) >= 11 is 0. The van der Waals surface area contributed by atoms with E-state index in [0.717, 1.165) is 12.0 Å². The van der Waals surface area contributed by atoms with E-state index in [1.807, 2.05) is 0 Å². The van der Waals surface area contributed by atoms with Gasteiger partial charge in [0.05, 0.1) is 24.4 Å². The first kappa shape index (κ1) is 40.1. The van der Waals surface area contributed by atoms with Crippen molar-refractivity contribution in [1.82, 2.24) is 0 Å². The van der Waals surface area contributed by atoms with Crippen LogP contribution in [-0.2, 0) is 66.7 Å². The van der Waals surface area contributed by atoms with Crippen LogP contribution in [0, 0.1) is 34.5 Å². The molecule has 0 spiro atoms. The topological polar surface area (TPSA) is 196 Å². The van der Waals surface area contributed by atoms with Crippen molar-refractivity contribution in [3.8, 4) is 0 Å². The van der Waals surface area contributed by atoms with Gasteiger partial charge in [-0.2, -0.15) is 0 Å². The van der Waals surface area contributed by atoms with Crippen molar-refractivity contribution in [3.63, 3.8) is 0 Å². The third-order valence-electron chi connectivity index (χ3n) is 13.5. The molecular formula is C39H54O15. The average Bonchev–Trinajstić information content (AvgIpc) is 3.62. The molecule has 5 fully saturated rings. The van der Waals surface area contributed by atoms with Crippen molar-refractivity contribution < 1.29 is 71.8 Å². The van der Waals surface area contributed by atoms with Gasteiger partial charge in [0, 0.05) is 57.4 Å². The maximum Gasteiger partial charge on any atom is 0.331 e. The Morgan fingerprint density at radius 3 is 2.04 bits per heavy atom. The minimum Gasteiger partial charge on any atom is -0.465 e. The van der Waals surface area contributed by atoms with Gasteiger partial charge in [-0.1, -0.05) is 6.92 Å². The molecule has 0 radical (unpaired) electrons. The summed E-state index contributed by atoms with van der Waals surface area (Å²) < 4.78 is 46.7. The molecule has 4 aliphatic carbocycles. The van der Waals surface area contributed by atoms with Crippen molar-refractivity contribution in [2.24, 2.45) is 34.5 Å². The lowest BCUT2D eigenvalue weighted by Crippen LogP contribution is -2.67. The maximum atomic E-state index is 12.9. The van der Waals surface area contributed by atoms with Crippen LogP contribution in [0.25, 0.3) is 0 Å². The van der Waals surface area contributed by atoms with Crippen LogP contribution in [0.2, 0.25) is 0 Å². The van der Waals surface area contributed by atoms with Gasteiger partial charge >= 0.3 is 35.8 Å². The molecule has 1 saturated heterocycles. The molecule has 0 unspecified atom stereocenters. The summed E-state index contributed by atoms with van der Waals surface area (Å²) in [5.41, 5.74) is -1.50. The van der Waals surface area contributed by atoms with Crippen LogP contribution in [0.15, 0.2) is 11.6 Å². The lowest BCUT2D eigenvalue weighted by atomic mass is 9.42. The van der Waals surface area contributed by atoms with Crippen LogP contribution in [0.5, 0.6) is 0 Å². The summed E-state index contributed by atoms with van der Waals surface area (Å²) in [5.74, 6) is -4.12. The second-order valence-corrected chi connectivity index (χ2v) is 16.5. The summed E-state index contributed by atoms with van der Waals surface area (Å²) in [5, 5.41) is 12.9. The number of carbonyl (C=O) groups is 6. The molecule has 1 N–H and O–H groups in total. The van der Waals surface area contributed by atoms with Gasteiger partial charge in [0.15, 0.2) is 24.6 Å². The number of aliphatic hydroxyl groups is 1. The molecule has 15 nitrogen and oxygen atoms in total. The lowest BCUT2D eigenvalue weighted by molar-refractivity contribution is -0.318. The quantitative estimate of drug-likeness (QED) is 0.204. The van der Waals surface area contributed by atoms with Gasteiger partial charge in [-0.25, -0.2) is 4.79 Å². The number of rotatable bonds is 9. The minimum atomic E-state index is -1.28. The first-order valence-corrected chi connectivity index (χ1v) is 19.1. The number of fused-ring (bicyclic) bond motifs is 5. The van der Waals surface area contributed by atoms with E-state index in [-0.39, 0.29) is 42.9 Å². The molecule has 0 aromatic carbocycles. The third kappa shape index (κ3) is 7.27. The molecule has 2 heterocycles. The Kier molecular flexibility index (Phi) is 11.3. The number of carbonyl (C=O) groups excluding carboxylic acids is 6. The average molecular weight is 763 g/mol. The molecule has 4 saturated carbocycles. The Morgan fingerprint density at radius 2 is 1.43 bits per heavy atom. The Balaban J connectivity index is 1.32. The van der Waals surface area contributed by atoms with Crippen molar-refractivity contribution in [3.05, 3.63) is 11.6 Å². The monoisotopic (exact) mass is 762 g/mol. The summed E-state index contributed by atoms with van der Waals surface area (Å²) in [7, 11) is 0. The Labute approximate surface area is 315 Å². The molecule has 0 aromatic heterocycles. The molecular weight excluding hydrogens is 708 g/mol. The van der Waals surface area contributed by atoms with Gasteiger partial charge in [-0.15, -0.1) is 0 Å². The molecule has 14 atom stereocenters. The van der Waals surface area contributed by atoms with Gasteiger partial charge in [0.1, 0.15) is 12.7 Å². The first-order valence-electron chi connectivity index (χ1n) is 19.1. The van der Waals surface area contributed by atoms with E-state index in [1.165, 1.54) is 34.6 Å². The van der Waals surface area contributed by atoms with Gasteiger partial charge in [0.25, 0.3) is 0 Å². The number of ether oxygens (including phenoxy) is 8. The zero-order chi connectivity index (χ0) is 39.3. The summed E-state index contributed by atoms with van der Waals surface area (Å²) in [6.07, 6.45) is -1.03. The molecule has 0 amide bonds. The van der Waals surface area contributed by atoms with Gasteiger partial charge in [-0.3, -0.25) is 24.0 Å². The standard InChI is InChI=1S/C39H54O15/c1-19-33(51-22(4)42)34(52-23(5)43)35(53-24(6)44)36(49-19)54-26-8-12-38(18-48-20(2)40)28-9-11-37(7)27(25-14-32(45)47-17-25)10-13-39(37,46)29(28)16-31(30(38)15-26)50-21(3)41/h14,19,26-31,33-36,46H,8-13,15-18H2,1-7H3/t19-,26-,27-,28+,29-,30+,31-,33+,34+,35+,36-,37+,38-,39-/m0/s1. The largest absolute Gasteiger partial charge is 0.465 e. The van der Waals surface area contributed by atoms with Gasteiger partial charge in [-0.05, 0) is 81.6 Å². The minimum absolute atomic E-state index is 0.0485. The summed E-state index contributed by atoms with van der Waals surface area (Å²) in [6.45, 7) is 10.3. The fourth-order valence-electron chi connectivity index (χ4n) is 11.4. The number of hydrogen-bond acceptors (Lipinski definition) is 15. The van der Waals surface area contributed by atoms with Crippen molar-refractivity contribution in [1.29, 1.82) is 0 Å². The highest BCUT2D eigenvalue weighted by molar-refractivity contribution is 5.85. The Morgan fingerprint density at radius 1 is 0.778 bits per heavy atom. The Hall–Kier alpha value is -3.56. The molecule has 6 aliphatic rings. The SMILES string of the molecule is CC(=O)OC[C@]12CC[C@H](O[C@@H]3O[C@@H](C)[C@@H](OC(C)=O)[C@@H](OC(C)=O)[C@H]3OC(C)=O)C[C@@H]1[C@@H](OC(C)=O)C[C@H]1[C@H]2CC[C@]2(C)[C@H](C3=CC(=O)OC3)CC[C@]12O. The smallest absolute Gasteiger partial charge is 0.331 e. The van der Waals surface area contributed by atoms with Crippen LogP contribution < -0.4 is 0 Å². The van der Waals surface area contributed by atoms with Gasteiger partial charge < -0.3 is 43.0 Å². The van der Waals surface area contributed by atoms with E-state index >= 15 is 0 Å². The summed E-state index contributed by atoms with van der Waals surface area (Å²) in [4.78, 5) is 73.8. The van der Waals surface area contributed by atoms with E-state index in [4.69, 9.17) is 37.9 Å². The van der Waals surface area contributed by atoms with Crippen LogP contribution in [0.1, 0.15) is 99.8 Å². The molecule has 2 aliphatic heterocycles. The second kappa shape index (κ2) is 15.2.